The zero-order valence-corrected chi connectivity index (χ0v) is 11.9. The number of likely N-dealkylation sites (N-methyl/N-ethyl adjacent to an activating group) is 2. The minimum absolute atomic E-state index is 0.142. The summed E-state index contributed by atoms with van der Waals surface area (Å²) in [6, 6.07) is 4.91. The van der Waals surface area contributed by atoms with E-state index in [-0.39, 0.29) is 11.9 Å². The van der Waals surface area contributed by atoms with Crippen LogP contribution < -0.4 is 0 Å². The molecule has 0 aromatic heterocycles. The molecule has 2 unspecified atom stereocenters. The number of hydrogen-bond donors (Lipinski definition) is 1. The Morgan fingerprint density at radius 1 is 1.37 bits per heavy atom. The molecule has 0 amide bonds. The van der Waals surface area contributed by atoms with Gasteiger partial charge in [0, 0.05) is 32.1 Å². The molecular weight excluding hydrogens is 243 g/mol. The van der Waals surface area contributed by atoms with Gasteiger partial charge in [-0.05, 0) is 44.3 Å². The predicted molar refractivity (Wildman–Crippen MR) is 74.8 cm³/mol. The number of aliphatic hydroxyl groups excluding tert-OH is 1. The smallest absolute Gasteiger partial charge is 0.123 e. The van der Waals surface area contributed by atoms with Crippen molar-refractivity contribution in [3.05, 3.63) is 35.1 Å². The number of aliphatic hydroxyl groups is 1. The van der Waals surface area contributed by atoms with Crippen molar-refractivity contribution in [3.63, 3.8) is 0 Å². The maximum absolute atomic E-state index is 13.1. The number of piperazine rings is 1. The molecule has 1 N–H and O–H groups in total. The predicted octanol–water partition coefficient (Wildman–Crippen LogP) is 1.28. The molecular formula is C15H23FN2O. The third kappa shape index (κ3) is 3.53. The molecule has 1 aliphatic heterocycles. The fourth-order valence-corrected chi connectivity index (χ4v) is 2.71. The highest BCUT2D eigenvalue weighted by atomic mass is 19.1. The van der Waals surface area contributed by atoms with Gasteiger partial charge in [0.25, 0.3) is 0 Å². The summed E-state index contributed by atoms with van der Waals surface area (Å²) >= 11 is 0. The minimum atomic E-state index is -0.420. The summed E-state index contributed by atoms with van der Waals surface area (Å²) in [4.78, 5) is 4.45. The van der Waals surface area contributed by atoms with Crippen LogP contribution >= 0.6 is 0 Å². The fourth-order valence-electron chi connectivity index (χ4n) is 2.71. The highest BCUT2D eigenvalue weighted by Gasteiger charge is 2.28. The van der Waals surface area contributed by atoms with E-state index in [1.165, 1.54) is 12.1 Å². The van der Waals surface area contributed by atoms with E-state index in [0.29, 0.717) is 6.42 Å². The maximum Gasteiger partial charge on any atom is 0.123 e. The van der Waals surface area contributed by atoms with Gasteiger partial charge >= 0.3 is 0 Å². The highest BCUT2D eigenvalue weighted by molar-refractivity contribution is 5.27. The Kier molecular flexibility index (Phi) is 4.55. The summed E-state index contributed by atoms with van der Waals surface area (Å²) in [5, 5.41) is 10.4. The van der Waals surface area contributed by atoms with Crippen molar-refractivity contribution in [2.45, 2.75) is 25.5 Å². The van der Waals surface area contributed by atoms with E-state index in [4.69, 9.17) is 0 Å². The van der Waals surface area contributed by atoms with Gasteiger partial charge in [0.2, 0.25) is 0 Å². The second kappa shape index (κ2) is 5.99. The van der Waals surface area contributed by atoms with Crippen molar-refractivity contribution >= 4 is 0 Å². The number of hydrogen-bond acceptors (Lipinski definition) is 3. The van der Waals surface area contributed by atoms with Crippen LogP contribution in [0.15, 0.2) is 18.2 Å². The zero-order valence-electron chi connectivity index (χ0n) is 11.9. The Labute approximate surface area is 114 Å². The molecule has 0 radical (unpaired) electrons. The molecule has 1 fully saturated rings. The van der Waals surface area contributed by atoms with Crippen molar-refractivity contribution in [3.8, 4) is 0 Å². The van der Waals surface area contributed by atoms with E-state index in [1.54, 1.807) is 6.07 Å². The van der Waals surface area contributed by atoms with Crippen LogP contribution in [0, 0.1) is 12.7 Å². The van der Waals surface area contributed by atoms with Crippen LogP contribution in [0.25, 0.3) is 0 Å². The summed E-state index contributed by atoms with van der Waals surface area (Å²) < 4.78 is 13.1. The van der Waals surface area contributed by atoms with Gasteiger partial charge in [-0.3, -0.25) is 4.90 Å². The molecule has 19 heavy (non-hydrogen) atoms. The summed E-state index contributed by atoms with van der Waals surface area (Å²) in [6.45, 7) is 4.77. The lowest BCUT2D eigenvalue weighted by Crippen LogP contribution is -2.55. The quantitative estimate of drug-likeness (QED) is 0.893. The first kappa shape index (κ1) is 14.4. The molecule has 1 aromatic carbocycles. The number of halogens is 1. The second-order valence-corrected chi connectivity index (χ2v) is 5.65. The van der Waals surface area contributed by atoms with Gasteiger partial charge in [-0.25, -0.2) is 4.39 Å². The van der Waals surface area contributed by atoms with E-state index in [0.717, 1.165) is 30.8 Å². The molecule has 106 valence electrons. The maximum atomic E-state index is 13.1. The molecule has 1 aromatic rings. The van der Waals surface area contributed by atoms with Crippen LogP contribution in [0.2, 0.25) is 0 Å². The summed E-state index contributed by atoms with van der Waals surface area (Å²) in [7, 11) is 4.13. The van der Waals surface area contributed by atoms with Gasteiger partial charge in [-0.15, -0.1) is 0 Å². The Hall–Kier alpha value is -0.970. The third-order valence-electron chi connectivity index (χ3n) is 4.08. The van der Waals surface area contributed by atoms with Crippen LogP contribution in [-0.2, 0) is 6.42 Å². The van der Waals surface area contributed by atoms with Crippen LogP contribution in [0.1, 0.15) is 11.1 Å². The van der Waals surface area contributed by atoms with E-state index < -0.39 is 6.10 Å². The normalized spacial score (nSPS) is 23.5. The van der Waals surface area contributed by atoms with E-state index in [9.17, 15) is 9.50 Å². The van der Waals surface area contributed by atoms with Crippen molar-refractivity contribution in [2.75, 3.05) is 33.7 Å². The van der Waals surface area contributed by atoms with Crippen LogP contribution in [0.3, 0.4) is 0 Å². The molecule has 1 heterocycles. The molecule has 0 aliphatic carbocycles. The number of aryl methyl sites for hydroxylation is 1. The lowest BCUT2D eigenvalue weighted by atomic mass is 9.96. The van der Waals surface area contributed by atoms with Crippen molar-refractivity contribution in [1.82, 2.24) is 9.80 Å². The standard InChI is InChI=1S/C15H23FN2O/c1-11-8-13(16)5-4-12(11)9-15(19)14-10-17(2)6-7-18(14)3/h4-5,8,14-15,19H,6-7,9-10H2,1-3H3. The van der Waals surface area contributed by atoms with Gasteiger partial charge in [0.05, 0.1) is 6.10 Å². The fraction of sp³-hybridized carbons (Fsp3) is 0.600. The monoisotopic (exact) mass is 266 g/mol. The van der Waals surface area contributed by atoms with Gasteiger partial charge in [0.1, 0.15) is 5.82 Å². The minimum Gasteiger partial charge on any atom is -0.391 e. The second-order valence-electron chi connectivity index (χ2n) is 5.65. The van der Waals surface area contributed by atoms with E-state index in [2.05, 4.69) is 23.9 Å². The van der Waals surface area contributed by atoms with Crippen LogP contribution in [0.4, 0.5) is 4.39 Å². The molecule has 1 saturated heterocycles. The molecule has 2 atom stereocenters. The third-order valence-corrected chi connectivity index (χ3v) is 4.08. The van der Waals surface area contributed by atoms with Crippen molar-refractivity contribution in [2.24, 2.45) is 0 Å². The average molecular weight is 266 g/mol. The highest BCUT2D eigenvalue weighted by Crippen LogP contribution is 2.17. The van der Waals surface area contributed by atoms with Gasteiger partial charge in [-0.2, -0.15) is 0 Å². The average Bonchev–Trinajstić information content (AvgIpc) is 2.35. The first-order chi connectivity index (χ1) is 8.97. The molecule has 0 bridgehead atoms. The van der Waals surface area contributed by atoms with Gasteiger partial charge in [0.15, 0.2) is 0 Å². The van der Waals surface area contributed by atoms with E-state index in [1.807, 2.05) is 6.92 Å². The Balaban J connectivity index is 2.05. The lowest BCUT2D eigenvalue weighted by Gasteiger charge is -2.40. The molecule has 3 nitrogen and oxygen atoms in total. The topological polar surface area (TPSA) is 26.7 Å². The van der Waals surface area contributed by atoms with E-state index >= 15 is 0 Å². The Morgan fingerprint density at radius 2 is 2.11 bits per heavy atom. The first-order valence-corrected chi connectivity index (χ1v) is 6.79. The van der Waals surface area contributed by atoms with Crippen LogP contribution in [0.5, 0.6) is 0 Å². The Morgan fingerprint density at radius 3 is 2.79 bits per heavy atom. The molecule has 2 rings (SSSR count). The summed E-state index contributed by atoms with van der Waals surface area (Å²) in [5.74, 6) is -0.217. The molecule has 1 aliphatic rings. The van der Waals surface area contributed by atoms with Crippen molar-refractivity contribution in [1.29, 1.82) is 0 Å². The van der Waals surface area contributed by atoms with Crippen LogP contribution in [-0.4, -0.2) is 60.8 Å². The first-order valence-electron chi connectivity index (χ1n) is 6.79. The number of benzene rings is 1. The molecule has 4 heteroatoms. The lowest BCUT2D eigenvalue weighted by molar-refractivity contribution is 0.0152. The largest absolute Gasteiger partial charge is 0.391 e. The van der Waals surface area contributed by atoms with Gasteiger partial charge in [-0.1, -0.05) is 6.07 Å². The van der Waals surface area contributed by atoms with Crippen molar-refractivity contribution < 1.29 is 9.50 Å². The zero-order chi connectivity index (χ0) is 14.0. The summed E-state index contributed by atoms with van der Waals surface area (Å²) in [5.41, 5.74) is 1.93. The molecule has 0 saturated carbocycles. The number of rotatable bonds is 3. The summed E-state index contributed by atoms with van der Waals surface area (Å²) in [6.07, 6.45) is 0.159. The SMILES string of the molecule is Cc1cc(F)ccc1CC(O)C1CN(C)CCN1C. The Bertz CT molecular complexity index is 438. The number of nitrogens with zero attached hydrogens (tertiary/aromatic N) is 2. The molecule has 0 spiro atoms. The van der Waals surface area contributed by atoms with Gasteiger partial charge < -0.3 is 10.0 Å².